The fourth-order valence-corrected chi connectivity index (χ4v) is 5.55. The number of nitrogens with one attached hydrogen (secondary N) is 3. The van der Waals surface area contributed by atoms with Gasteiger partial charge in [0.1, 0.15) is 21.6 Å². The quantitative estimate of drug-likeness (QED) is 0.487. The van der Waals surface area contributed by atoms with E-state index in [0.29, 0.717) is 29.4 Å². The maximum atomic E-state index is 11.7. The molecule has 0 amide bonds. The molecule has 5 rings (SSSR count). The topological polar surface area (TPSA) is 101 Å². The van der Waals surface area contributed by atoms with Crippen molar-refractivity contribution in [2.75, 3.05) is 28.9 Å². The molecule has 33 heavy (non-hydrogen) atoms. The Hall–Kier alpha value is -2.56. The van der Waals surface area contributed by atoms with Gasteiger partial charge in [0.2, 0.25) is 11.8 Å². The number of thiazole rings is 1. The van der Waals surface area contributed by atoms with Crippen LogP contribution in [0.1, 0.15) is 37.3 Å². The van der Waals surface area contributed by atoms with Gasteiger partial charge in [0, 0.05) is 30.2 Å². The smallest absolute Gasteiger partial charge is 0.240 e. The molecule has 2 aliphatic heterocycles. The predicted octanol–water partition coefficient (Wildman–Crippen LogP) is 4.52. The number of nitrogens with zero attached hydrogens (tertiary/aromatic N) is 3. The summed E-state index contributed by atoms with van der Waals surface area (Å²) in [6.07, 6.45) is 4.78. The van der Waals surface area contributed by atoms with E-state index in [-0.39, 0.29) is 0 Å². The molecule has 176 valence electrons. The Morgan fingerprint density at radius 1 is 1.24 bits per heavy atom. The summed E-state index contributed by atoms with van der Waals surface area (Å²) in [6.45, 7) is 7.94. The number of rotatable bonds is 5. The lowest BCUT2D eigenvalue weighted by molar-refractivity contribution is 0.466. The number of ether oxygens (including phenoxy) is 1. The van der Waals surface area contributed by atoms with E-state index in [1.807, 2.05) is 45.0 Å². The van der Waals surface area contributed by atoms with Gasteiger partial charge < -0.3 is 20.1 Å². The van der Waals surface area contributed by atoms with Crippen molar-refractivity contribution in [1.82, 2.24) is 20.3 Å². The van der Waals surface area contributed by atoms with Crippen molar-refractivity contribution >= 4 is 34.0 Å². The SMILES string of the molecule is CC.Cc1nc(Oc2ccc3c(c2)CCS(=O)N3)c(-c2ccnc(NC3CCCNC3)n2)s1. The molecule has 10 heteroatoms. The fourth-order valence-electron chi connectivity index (χ4n) is 3.78. The zero-order valence-corrected chi connectivity index (χ0v) is 20.8. The van der Waals surface area contributed by atoms with Crippen LogP contribution in [0.3, 0.4) is 0 Å². The Morgan fingerprint density at radius 3 is 2.94 bits per heavy atom. The molecule has 4 heterocycles. The summed E-state index contributed by atoms with van der Waals surface area (Å²) in [7, 11) is -1.00. The van der Waals surface area contributed by atoms with Gasteiger partial charge in [0.25, 0.3) is 0 Å². The average molecular weight is 487 g/mol. The van der Waals surface area contributed by atoms with Gasteiger partial charge >= 0.3 is 0 Å². The summed E-state index contributed by atoms with van der Waals surface area (Å²) >= 11 is 1.55. The molecule has 0 spiro atoms. The minimum atomic E-state index is -1.00. The number of piperidine rings is 1. The molecule has 2 aliphatic rings. The largest absolute Gasteiger partial charge is 0.437 e. The van der Waals surface area contributed by atoms with Gasteiger partial charge in [-0.15, -0.1) is 11.3 Å². The monoisotopic (exact) mass is 486 g/mol. The summed E-state index contributed by atoms with van der Waals surface area (Å²) in [5, 5.41) is 7.74. The van der Waals surface area contributed by atoms with E-state index in [2.05, 4.69) is 25.3 Å². The minimum Gasteiger partial charge on any atom is -0.437 e. The maximum absolute atomic E-state index is 11.7. The highest BCUT2D eigenvalue weighted by Gasteiger charge is 2.19. The molecule has 8 nitrogen and oxygen atoms in total. The molecule has 1 saturated heterocycles. The van der Waals surface area contributed by atoms with Crippen molar-refractivity contribution in [1.29, 1.82) is 0 Å². The van der Waals surface area contributed by atoms with Gasteiger partial charge in [-0.2, -0.15) is 0 Å². The molecule has 0 saturated carbocycles. The first-order chi connectivity index (χ1) is 16.1. The summed E-state index contributed by atoms with van der Waals surface area (Å²) in [4.78, 5) is 14.6. The van der Waals surface area contributed by atoms with Crippen LogP contribution >= 0.6 is 11.3 Å². The molecular weight excluding hydrogens is 456 g/mol. The molecule has 1 aromatic carbocycles. The molecule has 3 aromatic rings. The second-order valence-electron chi connectivity index (χ2n) is 7.64. The minimum absolute atomic E-state index is 0.335. The lowest BCUT2D eigenvalue weighted by Gasteiger charge is -2.23. The molecule has 1 fully saturated rings. The first-order valence-electron chi connectivity index (χ1n) is 11.4. The molecule has 0 radical (unpaired) electrons. The standard InChI is InChI=1S/C21H24N6O2S2.C2H6/c1-13-24-20(29-16-4-5-17-14(11-16)7-10-31(28)27-17)19(30-13)18-6-9-23-21(26-18)25-15-3-2-8-22-12-15;1-2/h4-6,9,11,15,22,27H,2-3,7-8,10,12H2,1H3,(H,23,25,26);1-2H3. The molecule has 2 unspecified atom stereocenters. The molecule has 0 bridgehead atoms. The number of hydrogen-bond acceptors (Lipinski definition) is 8. The third-order valence-corrected chi connectivity index (χ3v) is 7.29. The van der Waals surface area contributed by atoms with Crippen LogP contribution in [-0.2, 0) is 17.4 Å². The van der Waals surface area contributed by atoms with Crippen molar-refractivity contribution < 1.29 is 8.95 Å². The van der Waals surface area contributed by atoms with E-state index in [1.54, 1.807) is 17.5 Å². The van der Waals surface area contributed by atoms with E-state index in [4.69, 9.17) is 9.72 Å². The Bertz CT molecular complexity index is 1110. The Labute approximate surface area is 201 Å². The van der Waals surface area contributed by atoms with Crippen molar-refractivity contribution in [3.63, 3.8) is 0 Å². The number of anilines is 2. The molecule has 3 N–H and O–H groups in total. The number of aryl methyl sites for hydroxylation is 2. The van der Waals surface area contributed by atoms with E-state index >= 15 is 0 Å². The Morgan fingerprint density at radius 2 is 2.12 bits per heavy atom. The van der Waals surface area contributed by atoms with Crippen LogP contribution in [0.5, 0.6) is 11.6 Å². The fraction of sp³-hybridized carbons (Fsp3) is 0.435. The molecular formula is C23H30N6O2S2. The number of aromatic nitrogens is 3. The highest BCUT2D eigenvalue weighted by atomic mass is 32.2. The summed E-state index contributed by atoms with van der Waals surface area (Å²) in [5.41, 5.74) is 2.78. The van der Waals surface area contributed by atoms with Crippen LogP contribution in [-0.4, -0.2) is 44.0 Å². The van der Waals surface area contributed by atoms with Gasteiger partial charge in [0.15, 0.2) is 0 Å². The zero-order chi connectivity index (χ0) is 23.2. The predicted molar refractivity (Wildman–Crippen MR) is 136 cm³/mol. The summed E-state index contributed by atoms with van der Waals surface area (Å²) < 4.78 is 20.9. The van der Waals surface area contributed by atoms with Crippen molar-refractivity contribution in [2.45, 2.75) is 46.1 Å². The zero-order valence-electron chi connectivity index (χ0n) is 19.2. The lowest BCUT2D eigenvalue weighted by atomic mass is 10.1. The number of benzene rings is 1. The van der Waals surface area contributed by atoms with Crippen LogP contribution < -0.4 is 20.1 Å². The lowest BCUT2D eigenvalue weighted by Crippen LogP contribution is -2.38. The summed E-state index contributed by atoms with van der Waals surface area (Å²) in [5.74, 6) is 2.47. The molecule has 2 aromatic heterocycles. The maximum Gasteiger partial charge on any atom is 0.240 e. The Balaban J connectivity index is 0.00000126. The first kappa shape index (κ1) is 23.6. The van der Waals surface area contributed by atoms with Crippen LogP contribution in [0.25, 0.3) is 10.6 Å². The third kappa shape index (κ3) is 5.87. The van der Waals surface area contributed by atoms with Crippen molar-refractivity contribution in [3.05, 3.63) is 41.0 Å². The third-order valence-electron chi connectivity index (χ3n) is 5.29. The van der Waals surface area contributed by atoms with E-state index in [0.717, 1.165) is 59.2 Å². The van der Waals surface area contributed by atoms with Gasteiger partial charge in [0.05, 0.1) is 10.7 Å². The van der Waals surface area contributed by atoms with E-state index in [9.17, 15) is 4.21 Å². The van der Waals surface area contributed by atoms with Crippen molar-refractivity contribution in [2.24, 2.45) is 0 Å². The van der Waals surface area contributed by atoms with Gasteiger partial charge in [-0.05, 0) is 62.6 Å². The van der Waals surface area contributed by atoms with Crippen LogP contribution in [0.4, 0.5) is 11.6 Å². The highest BCUT2D eigenvalue weighted by Crippen LogP contribution is 2.38. The van der Waals surface area contributed by atoms with Gasteiger partial charge in [-0.3, -0.25) is 0 Å². The van der Waals surface area contributed by atoms with Crippen LogP contribution in [0, 0.1) is 6.92 Å². The van der Waals surface area contributed by atoms with E-state index in [1.165, 1.54) is 0 Å². The molecule has 0 aliphatic carbocycles. The molecule has 2 atom stereocenters. The Kier molecular flexibility index (Phi) is 7.89. The highest BCUT2D eigenvalue weighted by molar-refractivity contribution is 7.86. The summed E-state index contributed by atoms with van der Waals surface area (Å²) in [6, 6.07) is 7.99. The van der Waals surface area contributed by atoms with Crippen LogP contribution in [0.15, 0.2) is 30.5 Å². The van der Waals surface area contributed by atoms with Gasteiger partial charge in [-0.25, -0.2) is 19.2 Å². The van der Waals surface area contributed by atoms with Crippen LogP contribution in [0.2, 0.25) is 0 Å². The number of fused-ring (bicyclic) bond motifs is 1. The number of hydrogen-bond donors (Lipinski definition) is 3. The first-order valence-corrected chi connectivity index (χ1v) is 13.5. The average Bonchev–Trinajstić information content (AvgIpc) is 3.21. The van der Waals surface area contributed by atoms with Crippen molar-refractivity contribution in [3.8, 4) is 22.2 Å². The second kappa shape index (κ2) is 11.0. The van der Waals surface area contributed by atoms with Gasteiger partial charge in [-0.1, -0.05) is 13.8 Å². The normalized spacial score (nSPS) is 19.5. The second-order valence-corrected chi connectivity index (χ2v) is 10.1. The van der Waals surface area contributed by atoms with E-state index < -0.39 is 11.0 Å².